The van der Waals surface area contributed by atoms with E-state index in [1.165, 1.54) is 26.4 Å². The van der Waals surface area contributed by atoms with Gasteiger partial charge in [0, 0.05) is 18.2 Å². The highest BCUT2D eigenvalue weighted by molar-refractivity contribution is 5.88. The number of ether oxygens (including phenoxy) is 3. The fourth-order valence-corrected chi connectivity index (χ4v) is 7.14. The molecular weight excluding hydrogens is 410 g/mol. The minimum absolute atomic E-state index is 0.00979. The summed E-state index contributed by atoms with van der Waals surface area (Å²) >= 11 is 0. The molecule has 0 aromatic heterocycles. The molecule has 1 aromatic carbocycles. The molecule has 2 heterocycles. The highest BCUT2D eigenvalue weighted by atomic mass is 16.6. The predicted molar refractivity (Wildman–Crippen MR) is 116 cm³/mol. The van der Waals surface area contributed by atoms with Crippen molar-refractivity contribution >= 4 is 5.97 Å². The maximum Gasteiger partial charge on any atom is 0.378 e. The lowest BCUT2D eigenvalue weighted by atomic mass is 9.48. The van der Waals surface area contributed by atoms with Crippen LogP contribution in [0.3, 0.4) is 0 Å². The molecule has 7 heteroatoms. The molecule has 5 atom stereocenters. The Morgan fingerprint density at radius 1 is 1.31 bits per heavy atom. The van der Waals surface area contributed by atoms with Gasteiger partial charge >= 0.3 is 5.97 Å². The summed E-state index contributed by atoms with van der Waals surface area (Å²) in [6.45, 7) is 5.48. The van der Waals surface area contributed by atoms with E-state index in [4.69, 9.17) is 14.2 Å². The summed E-state index contributed by atoms with van der Waals surface area (Å²) in [5, 5.41) is 23.3. The van der Waals surface area contributed by atoms with Gasteiger partial charge in [-0.2, -0.15) is 0 Å². The first-order valence-corrected chi connectivity index (χ1v) is 11.8. The number of hydrogen-bond donors (Lipinski definition) is 2. The molecule has 3 aliphatic carbocycles. The molecule has 7 nitrogen and oxygen atoms in total. The van der Waals surface area contributed by atoms with E-state index in [-0.39, 0.29) is 11.8 Å². The number of esters is 1. The Kier molecular flexibility index (Phi) is 4.46. The monoisotopic (exact) mass is 441 g/mol. The van der Waals surface area contributed by atoms with Crippen LogP contribution in [0.1, 0.15) is 49.7 Å². The Morgan fingerprint density at radius 3 is 2.84 bits per heavy atom. The Bertz CT molecular complexity index is 989. The van der Waals surface area contributed by atoms with E-state index >= 15 is 0 Å². The number of aliphatic hydroxyl groups excluding tert-OH is 1. The van der Waals surface area contributed by atoms with Crippen molar-refractivity contribution in [3.05, 3.63) is 35.6 Å². The maximum atomic E-state index is 12.3. The van der Waals surface area contributed by atoms with Gasteiger partial charge in [-0.15, -0.1) is 0 Å². The van der Waals surface area contributed by atoms with Crippen LogP contribution in [0.4, 0.5) is 0 Å². The van der Waals surface area contributed by atoms with Gasteiger partial charge in [0.2, 0.25) is 0 Å². The first kappa shape index (κ1) is 20.5. The number of carbonyl (C=O) groups is 1. The first-order chi connectivity index (χ1) is 15.4. The Hall–Kier alpha value is -2.09. The van der Waals surface area contributed by atoms with E-state index < -0.39 is 29.2 Å². The molecule has 5 aliphatic rings. The smallest absolute Gasteiger partial charge is 0.378 e. The van der Waals surface area contributed by atoms with Crippen LogP contribution in [0.25, 0.3) is 0 Å². The van der Waals surface area contributed by atoms with Gasteiger partial charge in [-0.05, 0) is 69.2 Å². The second kappa shape index (κ2) is 6.95. The van der Waals surface area contributed by atoms with Crippen molar-refractivity contribution in [2.45, 2.75) is 74.2 Å². The number of methoxy groups -OCH3 is 1. The number of hydrogen-bond acceptors (Lipinski definition) is 7. The van der Waals surface area contributed by atoms with Crippen LogP contribution in [0, 0.1) is 5.92 Å². The van der Waals surface area contributed by atoms with Gasteiger partial charge in [-0.3, -0.25) is 4.90 Å². The highest BCUT2D eigenvalue weighted by Crippen LogP contribution is 2.65. The molecule has 6 rings (SSSR count). The molecule has 172 valence electrons. The maximum absolute atomic E-state index is 12.3. The van der Waals surface area contributed by atoms with Gasteiger partial charge in [0.15, 0.2) is 17.3 Å². The number of rotatable bonds is 5. The summed E-state index contributed by atoms with van der Waals surface area (Å²) in [6, 6.07) is 3.76. The lowest BCUT2D eigenvalue weighted by Crippen LogP contribution is -2.77. The van der Waals surface area contributed by atoms with Crippen molar-refractivity contribution in [1.29, 1.82) is 0 Å². The van der Waals surface area contributed by atoms with Crippen LogP contribution in [0.15, 0.2) is 24.5 Å². The number of aliphatic hydroxyl groups is 2. The van der Waals surface area contributed by atoms with Crippen molar-refractivity contribution in [2.24, 2.45) is 5.92 Å². The molecule has 1 saturated heterocycles. The van der Waals surface area contributed by atoms with E-state index in [0.717, 1.165) is 43.0 Å². The summed E-state index contributed by atoms with van der Waals surface area (Å²) in [5.74, 6) is 0.726. The molecule has 2 N–H and O–H groups in total. The predicted octanol–water partition coefficient (Wildman–Crippen LogP) is 2.07. The normalized spacial score (nSPS) is 37.2. The van der Waals surface area contributed by atoms with Crippen LogP contribution in [0.2, 0.25) is 0 Å². The number of likely N-dealkylation sites (tertiary alicyclic amines) is 1. The number of carbonyl (C=O) groups excluding carboxylic acids is 1. The van der Waals surface area contributed by atoms with Crippen LogP contribution >= 0.6 is 0 Å². The zero-order valence-electron chi connectivity index (χ0n) is 18.5. The number of nitrogens with zero attached hydrogens (tertiary/aromatic N) is 1. The van der Waals surface area contributed by atoms with E-state index in [1.54, 1.807) is 6.07 Å². The molecule has 0 radical (unpaired) electrons. The second-order valence-corrected chi connectivity index (χ2v) is 10.2. The fraction of sp³-hybridized carbons (Fsp3) is 0.640. The SMILES string of the molecule is C=C(OC)C(=O)Oc1ccc2c3c1OC1C(O)CCC4(O)C(C2)N(CC2CCC2)CCC314. The molecule has 5 unspecified atom stereocenters. The third kappa shape index (κ3) is 2.50. The highest BCUT2D eigenvalue weighted by Gasteiger charge is 2.73. The van der Waals surface area contributed by atoms with Crippen molar-refractivity contribution in [1.82, 2.24) is 4.90 Å². The largest absolute Gasteiger partial charge is 0.490 e. The average Bonchev–Trinajstić information content (AvgIpc) is 3.11. The van der Waals surface area contributed by atoms with Crippen molar-refractivity contribution < 1.29 is 29.2 Å². The van der Waals surface area contributed by atoms with Gasteiger partial charge in [0.25, 0.3) is 0 Å². The molecule has 1 aromatic rings. The molecule has 2 saturated carbocycles. The average molecular weight is 442 g/mol. The number of benzene rings is 1. The van der Waals surface area contributed by atoms with Crippen LogP contribution < -0.4 is 9.47 Å². The van der Waals surface area contributed by atoms with E-state index in [2.05, 4.69) is 11.5 Å². The van der Waals surface area contributed by atoms with E-state index in [1.807, 2.05) is 6.07 Å². The molecule has 2 bridgehead atoms. The Labute approximate surface area is 187 Å². The molecular formula is C25H31NO6. The third-order valence-electron chi connectivity index (χ3n) is 8.92. The van der Waals surface area contributed by atoms with Gasteiger partial charge in [0.05, 0.1) is 24.2 Å². The quantitative estimate of drug-likeness (QED) is 0.313. The van der Waals surface area contributed by atoms with Crippen molar-refractivity contribution in [3.63, 3.8) is 0 Å². The minimum atomic E-state index is -0.976. The van der Waals surface area contributed by atoms with Crippen molar-refractivity contribution in [3.8, 4) is 11.5 Å². The molecule has 1 spiro atoms. The lowest BCUT2D eigenvalue weighted by molar-refractivity contribution is -0.209. The lowest BCUT2D eigenvalue weighted by Gasteiger charge is -2.64. The number of piperidine rings is 1. The summed E-state index contributed by atoms with van der Waals surface area (Å²) in [7, 11) is 1.37. The minimum Gasteiger partial charge on any atom is -0.490 e. The summed E-state index contributed by atoms with van der Waals surface area (Å²) < 4.78 is 16.8. The molecule has 0 amide bonds. The van der Waals surface area contributed by atoms with Crippen molar-refractivity contribution in [2.75, 3.05) is 20.2 Å². The van der Waals surface area contributed by atoms with E-state index in [0.29, 0.717) is 24.3 Å². The second-order valence-electron chi connectivity index (χ2n) is 10.2. The van der Waals surface area contributed by atoms with Gasteiger partial charge in [-0.1, -0.05) is 12.5 Å². The van der Waals surface area contributed by atoms with Crippen LogP contribution in [0.5, 0.6) is 11.5 Å². The zero-order chi connectivity index (χ0) is 22.3. The molecule has 2 aliphatic heterocycles. The van der Waals surface area contributed by atoms with Crippen LogP contribution in [-0.2, 0) is 21.4 Å². The van der Waals surface area contributed by atoms with Gasteiger partial charge < -0.3 is 24.4 Å². The van der Waals surface area contributed by atoms with Gasteiger partial charge in [0.1, 0.15) is 6.10 Å². The molecule has 32 heavy (non-hydrogen) atoms. The Balaban J connectivity index is 1.45. The first-order valence-electron chi connectivity index (χ1n) is 11.8. The van der Waals surface area contributed by atoms with Gasteiger partial charge in [-0.25, -0.2) is 4.79 Å². The molecule has 3 fully saturated rings. The summed E-state index contributed by atoms with van der Waals surface area (Å²) in [5.41, 5.74) is 0.386. The fourth-order valence-electron chi connectivity index (χ4n) is 7.14. The third-order valence-corrected chi connectivity index (χ3v) is 8.92. The zero-order valence-corrected chi connectivity index (χ0v) is 18.5. The topological polar surface area (TPSA) is 88.5 Å². The Morgan fingerprint density at radius 2 is 2.12 bits per heavy atom. The van der Waals surface area contributed by atoms with Crippen LogP contribution in [-0.4, -0.2) is 65.1 Å². The summed E-state index contributed by atoms with van der Waals surface area (Å²) in [6.07, 6.45) is 5.13. The van der Waals surface area contributed by atoms with E-state index in [9.17, 15) is 15.0 Å². The standard InChI is InChI=1S/C25H31NO6/c1-14(30-2)23(28)31-18-7-6-16-12-19-25(29)9-8-17(27)22-24(25,20(16)21(18)32-22)10-11-26(19)13-15-4-3-5-15/h6-7,15,17,19,22,27,29H,1,3-5,8-13H2,2H3. The summed E-state index contributed by atoms with van der Waals surface area (Å²) in [4.78, 5) is 14.8.